The standard InChI is InChI=1S/C17H13FN4O/c18-13-5-1-4-12-16(13)21-15(22-8-7-20-17(12)22)9-14(23)11-3-2-6-19-10-11/h1-6,10H,7-9H2. The SMILES string of the molecule is O=C(CC1=Nc2c(F)cccc2C2=NCCN12)c1cccnc1. The molecule has 6 heteroatoms. The van der Waals surface area contributed by atoms with Gasteiger partial charge in [-0.3, -0.25) is 14.8 Å². The van der Waals surface area contributed by atoms with Gasteiger partial charge in [0.2, 0.25) is 0 Å². The molecule has 2 aromatic rings. The maximum absolute atomic E-state index is 14.1. The second-order valence-electron chi connectivity index (χ2n) is 5.36. The van der Waals surface area contributed by atoms with Crippen molar-refractivity contribution in [3.63, 3.8) is 0 Å². The molecule has 0 saturated carbocycles. The number of halogens is 1. The molecule has 0 spiro atoms. The quantitative estimate of drug-likeness (QED) is 0.819. The maximum atomic E-state index is 14.1. The zero-order valence-corrected chi connectivity index (χ0v) is 12.2. The molecule has 1 aromatic carbocycles. The minimum absolute atomic E-state index is 0.0945. The number of amidine groups is 2. The van der Waals surface area contributed by atoms with Gasteiger partial charge in [-0.1, -0.05) is 6.07 Å². The second kappa shape index (κ2) is 5.39. The van der Waals surface area contributed by atoms with E-state index in [0.29, 0.717) is 35.9 Å². The Morgan fingerprint density at radius 1 is 1.26 bits per heavy atom. The molecule has 2 aliphatic rings. The largest absolute Gasteiger partial charge is 0.312 e. The van der Waals surface area contributed by atoms with Crippen LogP contribution in [0.4, 0.5) is 10.1 Å². The number of hydrogen-bond donors (Lipinski definition) is 0. The molecule has 3 heterocycles. The Labute approximate surface area is 132 Å². The molecule has 5 nitrogen and oxygen atoms in total. The van der Waals surface area contributed by atoms with E-state index < -0.39 is 5.82 Å². The minimum Gasteiger partial charge on any atom is -0.312 e. The molecule has 0 unspecified atom stereocenters. The van der Waals surface area contributed by atoms with Gasteiger partial charge in [0.05, 0.1) is 13.0 Å². The van der Waals surface area contributed by atoms with Crippen molar-refractivity contribution in [1.29, 1.82) is 0 Å². The number of para-hydroxylation sites is 1. The van der Waals surface area contributed by atoms with Crippen LogP contribution in [0.3, 0.4) is 0 Å². The second-order valence-corrected chi connectivity index (χ2v) is 5.36. The van der Waals surface area contributed by atoms with Crippen LogP contribution in [0.2, 0.25) is 0 Å². The van der Waals surface area contributed by atoms with Gasteiger partial charge in [-0.2, -0.15) is 0 Å². The molecule has 4 rings (SSSR count). The first-order valence-electron chi connectivity index (χ1n) is 7.36. The first-order chi connectivity index (χ1) is 11.2. The summed E-state index contributed by atoms with van der Waals surface area (Å²) < 4.78 is 14.1. The Balaban J connectivity index is 1.73. The summed E-state index contributed by atoms with van der Waals surface area (Å²) in [5.74, 6) is 0.738. The third-order valence-corrected chi connectivity index (χ3v) is 3.92. The van der Waals surface area contributed by atoms with Crippen molar-refractivity contribution in [3.05, 3.63) is 59.7 Å². The van der Waals surface area contributed by atoms with E-state index in [1.54, 1.807) is 30.5 Å². The van der Waals surface area contributed by atoms with Crippen LogP contribution in [-0.2, 0) is 0 Å². The first-order valence-corrected chi connectivity index (χ1v) is 7.36. The van der Waals surface area contributed by atoms with E-state index >= 15 is 0 Å². The van der Waals surface area contributed by atoms with Crippen molar-refractivity contribution in [1.82, 2.24) is 9.88 Å². The van der Waals surface area contributed by atoms with Gasteiger partial charge in [-0.15, -0.1) is 0 Å². The van der Waals surface area contributed by atoms with Crippen LogP contribution in [0.5, 0.6) is 0 Å². The highest BCUT2D eigenvalue weighted by atomic mass is 19.1. The molecule has 2 aliphatic heterocycles. The van der Waals surface area contributed by atoms with Crippen molar-refractivity contribution in [2.75, 3.05) is 13.1 Å². The van der Waals surface area contributed by atoms with E-state index in [0.717, 1.165) is 0 Å². The lowest BCUT2D eigenvalue weighted by molar-refractivity contribution is 0.0998. The zero-order valence-electron chi connectivity index (χ0n) is 12.2. The number of rotatable bonds is 3. The third-order valence-electron chi connectivity index (χ3n) is 3.92. The predicted octanol–water partition coefficient (Wildman–Crippen LogP) is 2.60. The van der Waals surface area contributed by atoms with Crippen LogP contribution in [0, 0.1) is 5.82 Å². The van der Waals surface area contributed by atoms with E-state index in [1.165, 1.54) is 12.3 Å². The fourth-order valence-electron chi connectivity index (χ4n) is 2.84. The van der Waals surface area contributed by atoms with E-state index in [2.05, 4.69) is 15.0 Å². The van der Waals surface area contributed by atoms with Crippen LogP contribution < -0.4 is 0 Å². The van der Waals surface area contributed by atoms with Gasteiger partial charge >= 0.3 is 0 Å². The molecule has 23 heavy (non-hydrogen) atoms. The molecule has 0 aliphatic carbocycles. The topological polar surface area (TPSA) is 57.9 Å². The Morgan fingerprint density at radius 3 is 3.00 bits per heavy atom. The average Bonchev–Trinajstić information content (AvgIpc) is 3.07. The van der Waals surface area contributed by atoms with Gasteiger partial charge in [0.25, 0.3) is 0 Å². The number of carbonyl (C=O) groups excluding carboxylic acids is 1. The highest BCUT2D eigenvalue weighted by Crippen LogP contribution is 2.31. The first kappa shape index (κ1) is 13.8. The van der Waals surface area contributed by atoms with Gasteiger partial charge in [0.1, 0.15) is 23.2 Å². The molecular weight excluding hydrogens is 295 g/mol. The van der Waals surface area contributed by atoms with Gasteiger partial charge in [-0.05, 0) is 24.3 Å². The number of aromatic nitrogens is 1. The number of carbonyl (C=O) groups is 1. The van der Waals surface area contributed by atoms with Crippen molar-refractivity contribution in [2.45, 2.75) is 6.42 Å². The lowest BCUT2D eigenvalue weighted by Gasteiger charge is -2.27. The summed E-state index contributed by atoms with van der Waals surface area (Å²) in [6.07, 6.45) is 3.24. The molecule has 1 aromatic heterocycles. The molecule has 0 saturated heterocycles. The summed E-state index contributed by atoms with van der Waals surface area (Å²) >= 11 is 0. The van der Waals surface area contributed by atoms with Crippen molar-refractivity contribution >= 4 is 23.1 Å². The lowest BCUT2D eigenvalue weighted by Crippen LogP contribution is -2.38. The number of aliphatic imine (C=N–C) groups is 2. The summed E-state index contributed by atoms with van der Waals surface area (Å²) in [6, 6.07) is 8.25. The van der Waals surface area contributed by atoms with E-state index in [1.807, 2.05) is 4.90 Å². The average molecular weight is 308 g/mol. The van der Waals surface area contributed by atoms with Crippen molar-refractivity contribution in [3.8, 4) is 0 Å². The summed E-state index contributed by atoms with van der Waals surface area (Å²) in [5.41, 5.74) is 1.46. The van der Waals surface area contributed by atoms with Gasteiger partial charge in [0.15, 0.2) is 5.78 Å². The van der Waals surface area contributed by atoms with Crippen LogP contribution in [0.15, 0.2) is 52.7 Å². The van der Waals surface area contributed by atoms with Crippen LogP contribution in [0.1, 0.15) is 22.3 Å². The monoisotopic (exact) mass is 308 g/mol. The molecule has 0 fully saturated rings. The number of pyridine rings is 1. The van der Waals surface area contributed by atoms with Gasteiger partial charge in [-0.25, -0.2) is 9.38 Å². The summed E-state index contributed by atoms with van der Waals surface area (Å²) in [7, 11) is 0. The fourth-order valence-corrected chi connectivity index (χ4v) is 2.84. The predicted molar refractivity (Wildman–Crippen MR) is 84.8 cm³/mol. The number of Topliss-reactive ketones (excluding diaryl/α,β-unsaturated/α-hetero) is 1. The van der Waals surface area contributed by atoms with E-state index in [-0.39, 0.29) is 17.9 Å². The smallest absolute Gasteiger partial charge is 0.171 e. The highest BCUT2D eigenvalue weighted by Gasteiger charge is 2.31. The Kier molecular flexibility index (Phi) is 3.22. The highest BCUT2D eigenvalue weighted by molar-refractivity contribution is 6.20. The maximum Gasteiger partial charge on any atom is 0.171 e. The molecule has 0 N–H and O–H groups in total. The van der Waals surface area contributed by atoms with Crippen molar-refractivity contribution < 1.29 is 9.18 Å². The Hall–Kier alpha value is -2.89. The molecule has 0 atom stereocenters. The summed E-state index contributed by atoms with van der Waals surface area (Å²) in [4.78, 5) is 27.1. The molecule has 0 radical (unpaired) electrons. The number of hydrogen-bond acceptors (Lipinski definition) is 5. The third kappa shape index (κ3) is 2.32. The number of ketones is 1. The number of fused-ring (bicyclic) bond motifs is 3. The zero-order chi connectivity index (χ0) is 15.8. The Morgan fingerprint density at radius 2 is 2.17 bits per heavy atom. The van der Waals surface area contributed by atoms with E-state index in [9.17, 15) is 9.18 Å². The lowest BCUT2D eigenvalue weighted by atomic mass is 10.1. The molecule has 114 valence electrons. The summed E-state index contributed by atoms with van der Waals surface area (Å²) in [6.45, 7) is 1.27. The summed E-state index contributed by atoms with van der Waals surface area (Å²) in [5, 5.41) is 0. The van der Waals surface area contributed by atoms with Crippen LogP contribution >= 0.6 is 0 Å². The normalized spacial score (nSPS) is 15.6. The molecular formula is C17H13FN4O. The molecule has 0 bridgehead atoms. The Bertz CT molecular complexity index is 845. The fraction of sp³-hybridized carbons (Fsp3) is 0.176. The van der Waals surface area contributed by atoms with Crippen LogP contribution in [0.25, 0.3) is 0 Å². The number of nitrogens with zero attached hydrogens (tertiary/aromatic N) is 4. The van der Waals surface area contributed by atoms with E-state index in [4.69, 9.17) is 0 Å². The van der Waals surface area contributed by atoms with Gasteiger partial charge in [0, 0.05) is 30.1 Å². The number of benzene rings is 1. The molecule has 0 amide bonds. The van der Waals surface area contributed by atoms with Gasteiger partial charge < -0.3 is 4.90 Å². The van der Waals surface area contributed by atoms with Crippen molar-refractivity contribution in [2.24, 2.45) is 9.98 Å². The van der Waals surface area contributed by atoms with Crippen LogP contribution in [-0.4, -0.2) is 40.4 Å². The minimum atomic E-state index is -0.400.